The molecule has 0 spiro atoms. The van der Waals surface area contributed by atoms with Gasteiger partial charge in [-0.3, -0.25) is 0 Å². The number of hydrogen-bond donors (Lipinski definition) is 1. The standard InChI is InChI=1S/C10H15NO/c1-3-11-8-9-4-6-10(12-2)7-5-9/h4-7,11H,3,8H2,1-2H3/i1D3,3D2. The van der Waals surface area contributed by atoms with E-state index in [1.54, 1.807) is 31.4 Å². The summed E-state index contributed by atoms with van der Waals surface area (Å²) in [6.07, 6.45) is 0. The van der Waals surface area contributed by atoms with Gasteiger partial charge in [0.25, 0.3) is 0 Å². The highest BCUT2D eigenvalue weighted by Gasteiger charge is 1.91. The molecule has 1 rings (SSSR count). The minimum absolute atomic E-state index is 0.148. The lowest BCUT2D eigenvalue weighted by Gasteiger charge is -2.03. The maximum absolute atomic E-state index is 7.37. The van der Waals surface area contributed by atoms with Crippen molar-refractivity contribution in [2.24, 2.45) is 0 Å². The van der Waals surface area contributed by atoms with E-state index < -0.39 is 13.3 Å². The number of nitrogens with one attached hydrogen (secondary N) is 1. The second kappa shape index (κ2) is 4.78. The fourth-order valence-electron chi connectivity index (χ4n) is 0.890. The number of rotatable bonds is 4. The molecule has 0 aliphatic heterocycles. The SMILES string of the molecule is [2H]C([2H])([2H])C([2H])([2H])NCc1ccc(OC)cc1. The van der Waals surface area contributed by atoms with E-state index in [0.29, 0.717) is 5.75 Å². The Morgan fingerprint density at radius 1 is 1.50 bits per heavy atom. The highest BCUT2D eigenvalue weighted by atomic mass is 16.5. The van der Waals surface area contributed by atoms with Crippen LogP contribution >= 0.6 is 0 Å². The van der Waals surface area contributed by atoms with Crippen molar-refractivity contribution in [3.05, 3.63) is 29.8 Å². The zero-order valence-corrected chi connectivity index (χ0v) is 6.92. The van der Waals surface area contributed by atoms with Crippen molar-refractivity contribution in [1.29, 1.82) is 0 Å². The minimum atomic E-state index is -2.68. The Morgan fingerprint density at radius 3 is 2.83 bits per heavy atom. The van der Waals surface area contributed by atoms with Gasteiger partial charge in [-0.1, -0.05) is 19.0 Å². The molecule has 0 radical (unpaired) electrons. The van der Waals surface area contributed by atoms with Crippen molar-refractivity contribution < 1.29 is 11.6 Å². The summed E-state index contributed by atoms with van der Waals surface area (Å²) < 4.78 is 40.9. The van der Waals surface area contributed by atoms with E-state index in [1.807, 2.05) is 0 Å². The van der Waals surface area contributed by atoms with Gasteiger partial charge in [-0.05, 0) is 24.2 Å². The summed E-state index contributed by atoms with van der Waals surface area (Å²) in [4.78, 5) is 0. The van der Waals surface area contributed by atoms with E-state index in [-0.39, 0.29) is 6.54 Å². The maximum atomic E-state index is 7.37. The number of benzene rings is 1. The number of hydrogen-bond acceptors (Lipinski definition) is 2. The molecule has 0 aliphatic carbocycles. The van der Waals surface area contributed by atoms with Crippen molar-refractivity contribution >= 4 is 0 Å². The van der Waals surface area contributed by atoms with Crippen molar-refractivity contribution in [3.63, 3.8) is 0 Å². The molecule has 0 unspecified atom stereocenters. The smallest absolute Gasteiger partial charge is 0.118 e. The zero-order valence-electron chi connectivity index (χ0n) is 11.9. The topological polar surface area (TPSA) is 21.3 Å². The molecule has 0 saturated carbocycles. The van der Waals surface area contributed by atoms with Crippen LogP contribution in [0.1, 0.15) is 19.3 Å². The molecule has 0 aromatic heterocycles. The van der Waals surface area contributed by atoms with Crippen LogP contribution in [0.4, 0.5) is 0 Å². The zero-order chi connectivity index (χ0) is 13.1. The van der Waals surface area contributed by atoms with Crippen molar-refractivity contribution in [1.82, 2.24) is 5.32 Å². The van der Waals surface area contributed by atoms with E-state index >= 15 is 0 Å². The van der Waals surface area contributed by atoms with Crippen LogP contribution in [0.5, 0.6) is 5.75 Å². The molecular formula is C10H15NO. The van der Waals surface area contributed by atoms with Crippen LogP contribution in [0.15, 0.2) is 24.3 Å². The lowest BCUT2D eigenvalue weighted by Crippen LogP contribution is -2.11. The monoisotopic (exact) mass is 170 g/mol. The van der Waals surface area contributed by atoms with Crippen LogP contribution in [0.25, 0.3) is 0 Å². The minimum Gasteiger partial charge on any atom is -0.497 e. The molecule has 0 saturated heterocycles. The Kier molecular flexibility index (Phi) is 1.70. The number of ether oxygens (including phenoxy) is 1. The molecule has 0 amide bonds. The Hall–Kier alpha value is -1.02. The first-order chi connectivity index (χ1) is 7.76. The van der Waals surface area contributed by atoms with Crippen molar-refractivity contribution in [2.45, 2.75) is 13.4 Å². The summed E-state index contributed by atoms with van der Waals surface area (Å²) >= 11 is 0. The normalized spacial score (nSPS) is 18.2. The molecule has 0 bridgehead atoms. The van der Waals surface area contributed by atoms with Gasteiger partial charge < -0.3 is 10.1 Å². The van der Waals surface area contributed by atoms with Crippen molar-refractivity contribution in [2.75, 3.05) is 13.6 Å². The second-order valence-corrected chi connectivity index (χ2v) is 2.33. The van der Waals surface area contributed by atoms with Crippen LogP contribution in [-0.2, 0) is 6.54 Å². The molecular weight excluding hydrogens is 150 g/mol. The van der Waals surface area contributed by atoms with Crippen molar-refractivity contribution in [3.8, 4) is 5.75 Å². The maximum Gasteiger partial charge on any atom is 0.118 e. The molecule has 1 N–H and O–H groups in total. The Labute approximate surface area is 80.6 Å². The number of methoxy groups -OCH3 is 1. The fourth-order valence-corrected chi connectivity index (χ4v) is 0.890. The third kappa shape index (κ3) is 2.55. The van der Waals surface area contributed by atoms with Crippen LogP contribution in [0.2, 0.25) is 0 Å². The lowest BCUT2D eigenvalue weighted by atomic mass is 10.2. The Bertz CT molecular complexity index is 360. The third-order valence-corrected chi connectivity index (χ3v) is 1.54. The average Bonchev–Trinajstić information content (AvgIpc) is 2.25. The van der Waals surface area contributed by atoms with E-state index in [2.05, 4.69) is 5.32 Å². The fraction of sp³-hybridized carbons (Fsp3) is 0.400. The predicted octanol–water partition coefficient (Wildman–Crippen LogP) is 1.80. The Morgan fingerprint density at radius 2 is 2.25 bits per heavy atom. The Balaban J connectivity index is 2.61. The first-order valence-electron chi connectivity index (χ1n) is 6.14. The summed E-state index contributed by atoms with van der Waals surface area (Å²) in [5, 5.41) is 2.38. The molecule has 12 heavy (non-hydrogen) atoms. The molecule has 66 valence electrons. The third-order valence-electron chi connectivity index (χ3n) is 1.54. The highest BCUT2D eigenvalue weighted by molar-refractivity contribution is 5.26. The first-order valence-corrected chi connectivity index (χ1v) is 3.64. The van der Waals surface area contributed by atoms with Gasteiger partial charge in [-0.25, -0.2) is 0 Å². The molecule has 0 heterocycles. The molecule has 0 aliphatic rings. The quantitative estimate of drug-likeness (QED) is 0.744. The van der Waals surface area contributed by atoms with Crippen LogP contribution in [-0.4, -0.2) is 13.6 Å². The molecule has 2 heteroatoms. The lowest BCUT2D eigenvalue weighted by molar-refractivity contribution is 0.414. The summed E-state index contributed by atoms with van der Waals surface area (Å²) in [7, 11) is 1.56. The largest absolute Gasteiger partial charge is 0.497 e. The van der Waals surface area contributed by atoms with Gasteiger partial charge in [0.1, 0.15) is 5.75 Å². The summed E-state index contributed by atoms with van der Waals surface area (Å²) in [5.41, 5.74) is 0.791. The van der Waals surface area contributed by atoms with Gasteiger partial charge in [-0.2, -0.15) is 0 Å². The molecule has 0 atom stereocenters. The van der Waals surface area contributed by atoms with Gasteiger partial charge in [0.05, 0.1) is 7.11 Å². The molecule has 1 aromatic carbocycles. The first kappa shape index (κ1) is 4.28. The predicted molar refractivity (Wildman–Crippen MR) is 50.4 cm³/mol. The molecule has 1 aromatic rings. The van der Waals surface area contributed by atoms with Gasteiger partial charge in [0, 0.05) is 13.4 Å². The van der Waals surface area contributed by atoms with Crippen LogP contribution < -0.4 is 10.1 Å². The van der Waals surface area contributed by atoms with E-state index in [1.165, 1.54) is 0 Å². The van der Waals surface area contributed by atoms with E-state index in [0.717, 1.165) is 5.56 Å². The van der Waals surface area contributed by atoms with Crippen LogP contribution in [0, 0.1) is 0 Å². The average molecular weight is 170 g/mol. The van der Waals surface area contributed by atoms with E-state index in [4.69, 9.17) is 11.6 Å². The second-order valence-electron chi connectivity index (χ2n) is 2.33. The molecule has 2 nitrogen and oxygen atoms in total. The summed E-state index contributed by atoms with van der Waals surface area (Å²) in [5.74, 6) is 0.701. The van der Waals surface area contributed by atoms with Gasteiger partial charge in [0.2, 0.25) is 0 Å². The van der Waals surface area contributed by atoms with Gasteiger partial charge >= 0.3 is 0 Å². The summed E-state index contributed by atoms with van der Waals surface area (Å²) in [6, 6.07) is 6.98. The van der Waals surface area contributed by atoms with Gasteiger partial charge in [0.15, 0.2) is 0 Å². The van der Waals surface area contributed by atoms with Gasteiger partial charge in [-0.15, -0.1) is 0 Å². The summed E-state index contributed by atoms with van der Waals surface area (Å²) in [6.45, 7) is -4.93. The highest BCUT2D eigenvalue weighted by Crippen LogP contribution is 2.10. The molecule has 0 fully saturated rings. The van der Waals surface area contributed by atoms with E-state index in [9.17, 15) is 0 Å². The van der Waals surface area contributed by atoms with Crippen LogP contribution in [0.3, 0.4) is 0 Å².